The van der Waals surface area contributed by atoms with E-state index in [0.717, 1.165) is 26.9 Å². The smallest absolute Gasteiger partial charge is 0.261 e. The fraction of sp³-hybridized carbons (Fsp3) is 0.182. The molecular weight excluding hydrogens is 354 g/mol. The SMILES string of the molecule is Cc1ccc2c(NC(=O)CCN3C(=O)c4ccccc4C3=O)ccnc2c1C. The lowest BCUT2D eigenvalue weighted by molar-refractivity contribution is -0.116. The molecule has 0 bridgehead atoms. The van der Waals surface area contributed by atoms with Crippen molar-refractivity contribution in [2.75, 3.05) is 11.9 Å². The highest BCUT2D eigenvalue weighted by Gasteiger charge is 2.34. The first kappa shape index (κ1) is 17.9. The van der Waals surface area contributed by atoms with Crippen LogP contribution in [0.25, 0.3) is 10.9 Å². The fourth-order valence-electron chi connectivity index (χ4n) is 3.44. The van der Waals surface area contributed by atoms with Crippen LogP contribution in [0.2, 0.25) is 0 Å². The summed E-state index contributed by atoms with van der Waals surface area (Å²) in [6, 6.07) is 12.4. The van der Waals surface area contributed by atoms with Crippen LogP contribution in [0.4, 0.5) is 5.69 Å². The van der Waals surface area contributed by atoms with E-state index in [0.29, 0.717) is 16.8 Å². The van der Waals surface area contributed by atoms with E-state index in [1.807, 2.05) is 26.0 Å². The average molecular weight is 373 g/mol. The Bertz CT molecular complexity index is 1100. The Morgan fingerprint density at radius 1 is 1.00 bits per heavy atom. The number of hydrogen-bond acceptors (Lipinski definition) is 4. The van der Waals surface area contributed by atoms with Gasteiger partial charge in [-0.05, 0) is 43.2 Å². The number of carbonyl (C=O) groups excluding carboxylic acids is 3. The van der Waals surface area contributed by atoms with Gasteiger partial charge >= 0.3 is 0 Å². The van der Waals surface area contributed by atoms with Gasteiger partial charge in [0.05, 0.1) is 22.3 Å². The Kier molecular flexibility index (Phi) is 4.39. The van der Waals surface area contributed by atoms with E-state index in [1.54, 1.807) is 36.5 Å². The molecule has 140 valence electrons. The molecule has 0 aliphatic carbocycles. The van der Waals surface area contributed by atoms with Crippen LogP contribution >= 0.6 is 0 Å². The second kappa shape index (κ2) is 6.88. The number of pyridine rings is 1. The molecule has 1 aliphatic rings. The monoisotopic (exact) mass is 373 g/mol. The number of rotatable bonds is 4. The van der Waals surface area contributed by atoms with E-state index in [-0.39, 0.29) is 30.7 Å². The summed E-state index contributed by atoms with van der Waals surface area (Å²) in [5.74, 6) is -0.968. The predicted octanol–water partition coefficient (Wildman–Crippen LogP) is 3.48. The van der Waals surface area contributed by atoms with Crippen LogP contribution in [0.5, 0.6) is 0 Å². The van der Waals surface area contributed by atoms with Gasteiger partial charge in [-0.15, -0.1) is 0 Å². The third-order valence-corrected chi connectivity index (χ3v) is 5.15. The number of amides is 3. The summed E-state index contributed by atoms with van der Waals surface area (Å²) < 4.78 is 0. The highest BCUT2D eigenvalue weighted by Crippen LogP contribution is 2.26. The molecule has 1 aliphatic heterocycles. The van der Waals surface area contributed by atoms with Gasteiger partial charge in [-0.2, -0.15) is 0 Å². The van der Waals surface area contributed by atoms with Gasteiger partial charge in [0.15, 0.2) is 0 Å². The quantitative estimate of drug-likeness (QED) is 0.710. The Labute approximate surface area is 162 Å². The minimum absolute atomic E-state index is 0.0279. The number of imide groups is 1. The number of aromatic nitrogens is 1. The first-order valence-electron chi connectivity index (χ1n) is 9.07. The molecule has 2 heterocycles. The molecule has 3 amide bonds. The van der Waals surface area contributed by atoms with E-state index in [9.17, 15) is 14.4 Å². The lowest BCUT2D eigenvalue weighted by Crippen LogP contribution is -2.32. The molecule has 0 fully saturated rings. The average Bonchev–Trinajstić information content (AvgIpc) is 2.94. The van der Waals surface area contributed by atoms with Crippen molar-refractivity contribution in [3.63, 3.8) is 0 Å². The van der Waals surface area contributed by atoms with Crippen molar-refractivity contribution in [3.8, 4) is 0 Å². The maximum Gasteiger partial charge on any atom is 0.261 e. The first-order valence-corrected chi connectivity index (χ1v) is 9.07. The van der Waals surface area contributed by atoms with Crippen LogP contribution in [0.1, 0.15) is 38.3 Å². The highest BCUT2D eigenvalue weighted by molar-refractivity contribution is 6.21. The van der Waals surface area contributed by atoms with E-state index < -0.39 is 0 Å². The minimum Gasteiger partial charge on any atom is -0.325 e. The molecule has 0 atom stereocenters. The van der Waals surface area contributed by atoms with Gasteiger partial charge in [-0.3, -0.25) is 24.3 Å². The molecule has 6 nitrogen and oxygen atoms in total. The Hall–Kier alpha value is -3.54. The number of nitrogens with zero attached hydrogens (tertiary/aromatic N) is 2. The molecule has 4 rings (SSSR count). The first-order chi connectivity index (χ1) is 13.5. The molecule has 0 radical (unpaired) electrons. The van der Waals surface area contributed by atoms with Crippen LogP contribution in [0.3, 0.4) is 0 Å². The van der Waals surface area contributed by atoms with Gasteiger partial charge < -0.3 is 5.32 Å². The van der Waals surface area contributed by atoms with Crippen molar-refractivity contribution >= 4 is 34.3 Å². The van der Waals surface area contributed by atoms with Crippen molar-refractivity contribution in [2.24, 2.45) is 0 Å². The number of carbonyl (C=O) groups is 3. The summed E-state index contributed by atoms with van der Waals surface area (Å²) in [5.41, 5.74) is 4.49. The van der Waals surface area contributed by atoms with Crippen LogP contribution < -0.4 is 5.32 Å². The maximum atomic E-state index is 12.5. The number of anilines is 1. The van der Waals surface area contributed by atoms with Crippen LogP contribution in [0.15, 0.2) is 48.7 Å². The normalized spacial score (nSPS) is 13.1. The summed E-state index contributed by atoms with van der Waals surface area (Å²) >= 11 is 0. The number of hydrogen-bond donors (Lipinski definition) is 1. The van der Waals surface area contributed by atoms with E-state index >= 15 is 0 Å². The van der Waals surface area contributed by atoms with Crippen LogP contribution in [0, 0.1) is 13.8 Å². The number of fused-ring (bicyclic) bond motifs is 2. The molecule has 0 unspecified atom stereocenters. The molecule has 3 aromatic rings. The molecule has 0 spiro atoms. The van der Waals surface area contributed by atoms with Crippen molar-refractivity contribution in [3.05, 3.63) is 70.9 Å². The Balaban J connectivity index is 1.48. The highest BCUT2D eigenvalue weighted by atomic mass is 16.2. The van der Waals surface area contributed by atoms with Gasteiger partial charge in [0, 0.05) is 24.5 Å². The standard InChI is InChI=1S/C22H19N3O3/c1-13-7-8-17-18(9-11-23-20(17)14(13)2)24-19(26)10-12-25-21(27)15-5-3-4-6-16(15)22(25)28/h3-9,11H,10,12H2,1-2H3,(H,23,24,26). The number of nitrogens with one attached hydrogen (secondary N) is 1. The topological polar surface area (TPSA) is 79.4 Å². The van der Waals surface area contributed by atoms with E-state index in [1.165, 1.54) is 0 Å². The maximum absolute atomic E-state index is 12.5. The molecule has 1 aromatic heterocycles. The summed E-state index contributed by atoms with van der Waals surface area (Å²) in [6.45, 7) is 4.06. The Morgan fingerprint density at radius 2 is 1.68 bits per heavy atom. The second-order valence-electron chi connectivity index (χ2n) is 6.87. The molecule has 0 saturated carbocycles. The van der Waals surface area contributed by atoms with Crippen molar-refractivity contribution in [2.45, 2.75) is 20.3 Å². The fourth-order valence-corrected chi connectivity index (χ4v) is 3.44. The molecule has 2 aromatic carbocycles. The lowest BCUT2D eigenvalue weighted by atomic mass is 10.0. The Morgan fingerprint density at radius 3 is 2.36 bits per heavy atom. The zero-order valence-corrected chi connectivity index (χ0v) is 15.7. The van der Waals surface area contributed by atoms with E-state index in [2.05, 4.69) is 10.3 Å². The van der Waals surface area contributed by atoms with Crippen LogP contribution in [-0.2, 0) is 4.79 Å². The second-order valence-corrected chi connectivity index (χ2v) is 6.87. The summed E-state index contributed by atoms with van der Waals surface area (Å²) in [4.78, 5) is 42.8. The predicted molar refractivity (Wildman–Crippen MR) is 106 cm³/mol. The number of benzene rings is 2. The van der Waals surface area contributed by atoms with Crippen molar-refractivity contribution in [1.82, 2.24) is 9.88 Å². The van der Waals surface area contributed by atoms with Gasteiger partial charge in [-0.25, -0.2) is 0 Å². The number of aryl methyl sites for hydroxylation is 2. The molecular formula is C22H19N3O3. The summed E-state index contributed by atoms with van der Waals surface area (Å²) in [7, 11) is 0. The third kappa shape index (κ3) is 2.93. The van der Waals surface area contributed by atoms with Gasteiger partial charge in [0.25, 0.3) is 11.8 Å². The van der Waals surface area contributed by atoms with Gasteiger partial charge in [-0.1, -0.05) is 24.3 Å². The zero-order chi connectivity index (χ0) is 19.8. The van der Waals surface area contributed by atoms with Crippen molar-refractivity contribution in [1.29, 1.82) is 0 Å². The molecule has 0 saturated heterocycles. The van der Waals surface area contributed by atoms with Crippen LogP contribution in [-0.4, -0.2) is 34.2 Å². The summed E-state index contributed by atoms with van der Waals surface area (Å²) in [6.07, 6.45) is 1.69. The zero-order valence-electron chi connectivity index (χ0n) is 15.7. The summed E-state index contributed by atoms with van der Waals surface area (Å²) in [5, 5.41) is 3.74. The molecule has 28 heavy (non-hydrogen) atoms. The molecule has 6 heteroatoms. The largest absolute Gasteiger partial charge is 0.325 e. The minimum atomic E-state index is -0.353. The third-order valence-electron chi connectivity index (χ3n) is 5.15. The molecule has 1 N–H and O–H groups in total. The lowest BCUT2D eigenvalue weighted by Gasteiger charge is -2.14. The van der Waals surface area contributed by atoms with Crippen molar-refractivity contribution < 1.29 is 14.4 Å². The van der Waals surface area contributed by atoms with Gasteiger partial charge in [0.2, 0.25) is 5.91 Å². The van der Waals surface area contributed by atoms with E-state index in [4.69, 9.17) is 0 Å². The van der Waals surface area contributed by atoms with Gasteiger partial charge in [0.1, 0.15) is 0 Å².